The summed E-state index contributed by atoms with van der Waals surface area (Å²) in [7, 11) is 1.87. The predicted octanol–water partition coefficient (Wildman–Crippen LogP) is 2.68. The lowest BCUT2D eigenvalue weighted by atomic mass is 9.84. The number of nitrogen functional groups attached to an aromatic ring is 1. The molecule has 3 N–H and O–H groups in total. The number of nitrogens with two attached hydrogens (primary N) is 1. The van der Waals surface area contributed by atoms with Crippen molar-refractivity contribution in [2.24, 2.45) is 7.05 Å². The van der Waals surface area contributed by atoms with E-state index in [9.17, 15) is 0 Å². The monoisotopic (exact) mass is 420 g/mol. The van der Waals surface area contributed by atoms with Gasteiger partial charge in [0.15, 0.2) is 0 Å². The molecule has 31 heavy (non-hydrogen) atoms. The van der Waals surface area contributed by atoms with Crippen LogP contribution in [0.2, 0.25) is 0 Å². The minimum Gasteiger partial charge on any atom is -0.382 e. The maximum atomic E-state index is 6.13. The highest BCUT2D eigenvalue weighted by Crippen LogP contribution is 2.36. The summed E-state index contributed by atoms with van der Waals surface area (Å²) in [5, 5.41) is 7.86. The molecular weight excluding hydrogens is 392 g/mol. The molecule has 0 aliphatic carbocycles. The lowest BCUT2D eigenvalue weighted by molar-refractivity contribution is 0.0740. The van der Waals surface area contributed by atoms with Gasteiger partial charge in [0, 0.05) is 44.1 Å². The SMILES string of the molecule is Cn1cc(-c2nc(-c3ccc(C4CCOCC4)c([C@@H]4COCCN4)c3)cnc2N)cn1. The van der Waals surface area contributed by atoms with E-state index < -0.39 is 0 Å². The Balaban J connectivity index is 1.55. The first-order valence-electron chi connectivity index (χ1n) is 10.8. The zero-order valence-electron chi connectivity index (χ0n) is 17.8. The van der Waals surface area contributed by atoms with Crippen LogP contribution < -0.4 is 11.1 Å². The van der Waals surface area contributed by atoms with E-state index in [4.69, 9.17) is 20.2 Å². The van der Waals surface area contributed by atoms with E-state index >= 15 is 0 Å². The zero-order chi connectivity index (χ0) is 21.2. The number of benzene rings is 1. The fourth-order valence-electron chi connectivity index (χ4n) is 4.47. The van der Waals surface area contributed by atoms with Gasteiger partial charge in [0.2, 0.25) is 0 Å². The second-order valence-corrected chi connectivity index (χ2v) is 8.20. The fraction of sp³-hybridized carbons (Fsp3) is 0.435. The molecule has 2 aromatic heterocycles. The Morgan fingerprint density at radius 2 is 1.94 bits per heavy atom. The van der Waals surface area contributed by atoms with Crippen molar-refractivity contribution >= 4 is 5.82 Å². The molecule has 1 aromatic carbocycles. The second kappa shape index (κ2) is 8.74. The largest absolute Gasteiger partial charge is 0.382 e. The van der Waals surface area contributed by atoms with E-state index in [0.29, 0.717) is 24.0 Å². The number of morpholine rings is 1. The van der Waals surface area contributed by atoms with Crippen LogP contribution in [0.15, 0.2) is 36.8 Å². The molecule has 2 aliphatic heterocycles. The molecule has 2 fully saturated rings. The number of aromatic nitrogens is 4. The van der Waals surface area contributed by atoms with Crippen LogP contribution in [-0.2, 0) is 16.5 Å². The molecule has 8 nitrogen and oxygen atoms in total. The van der Waals surface area contributed by atoms with Crippen LogP contribution in [-0.4, -0.2) is 52.7 Å². The third-order valence-electron chi connectivity index (χ3n) is 6.12. The number of hydrogen-bond donors (Lipinski definition) is 2. The normalized spacial score (nSPS) is 20.1. The standard InChI is InChI=1S/C23H28N6O2/c1-29-13-17(11-27-29)22-23(24)26-12-20(28-22)16-2-3-18(15-4-7-30-8-5-15)19(10-16)21-14-31-9-6-25-21/h2-3,10-13,15,21,25H,4-9,14H2,1H3,(H2,24,26)/t21-/m0/s1. The van der Waals surface area contributed by atoms with Gasteiger partial charge in [-0.15, -0.1) is 0 Å². The number of hydrogen-bond acceptors (Lipinski definition) is 7. The van der Waals surface area contributed by atoms with Crippen LogP contribution in [0, 0.1) is 0 Å². The first-order chi connectivity index (χ1) is 15.2. The number of ether oxygens (including phenoxy) is 2. The Hall–Kier alpha value is -2.81. The minimum absolute atomic E-state index is 0.172. The van der Waals surface area contributed by atoms with Crippen molar-refractivity contribution in [3.05, 3.63) is 47.9 Å². The number of rotatable bonds is 4. The Morgan fingerprint density at radius 1 is 1.06 bits per heavy atom. The van der Waals surface area contributed by atoms with Crippen molar-refractivity contribution in [1.82, 2.24) is 25.1 Å². The van der Waals surface area contributed by atoms with Gasteiger partial charge in [-0.05, 0) is 36.0 Å². The van der Waals surface area contributed by atoms with Gasteiger partial charge in [-0.1, -0.05) is 12.1 Å². The van der Waals surface area contributed by atoms with Crippen LogP contribution in [0.4, 0.5) is 5.82 Å². The van der Waals surface area contributed by atoms with Crippen molar-refractivity contribution in [1.29, 1.82) is 0 Å². The maximum Gasteiger partial charge on any atom is 0.150 e. The topological polar surface area (TPSA) is 100 Å². The summed E-state index contributed by atoms with van der Waals surface area (Å²) in [6, 6.07) is 6.81. The highest BCUT2D eigenvalue weighted by Gasteiger charge is 2.25. The number of nitrogens with one attached hydrogen (secondary N) is 1. The van der Waals surface area contributed by atoms with Crippen LogP contribution in [0.5, 0.6) is 0 Å². The molecule has 8 heteroatoms. The average molecular weight is 421 g/mol. The van der Waals surface area contributed by atoms with Gasteiger partial charge in [0.25, 0.3) is 0 Å². The molecular formula is C23H28N6O2. The first kappa shape index (κ1) is 20.1. The smallest absolute Gasteiger partial charge is 0.150 e. The van der Waals surface area contributed by atoms with E-state index in [1.165, 1.54) is 11.1 Å². The van der Waals surface area contributed by atoms with Crippen molar-refractivity contribution in [3.8, 4) is 22.5 Å². The van der Waals surface area contributed by atoms with Gasteiger partial charge in [-0.2, -0.15) is 5.10 Å². The Labute approximate surface area is 181 Å². The quantitative estimate of drug-likeness (QED) is 0.669. The molecule has 0 spiro atoms. The molecule has 162 valence electrons. The third kappa shape index (κ3) is 4.19. The van der Waals surface area contributed by atoms with Crippen LogP contribution in [0.3, 0.4) is 0 Å². The summed E-state index contributed by atoms with van der Waals surface area (Å²) < 4.78 is 13.1. The minimum atomic E-state index is 0.172. The predicted molar refractivity (Wildman–Crippen MR) is 118 cm³/mol. The summed E-state index contributed by atoms with van der Waals surface area (Å²) in [4.78, 5) is 9.26. The summed E-state index contributed by atoms with van der Waals surface area (Å²) in [5.41, 5.74) is 12.1. The highest BCUT2D eigenvalue weighted by atomic mass is 16.5. The Morgan fingerprint density at radius 3 is 2.68 bits per heavy atom. The first-order valence-corrected chi connectivity index (χ1v) is 10.8. The van der Waals surface area contributed by atoms with Gasteiger partial charge in [-0.3, -0.25) is 4.68 Å². The van der Waals surface area contributed by atoms with Crippen molar-refractivity contribution in [3.63, 3.8) is 0 Å². The number of anilines is 1. The summed E-state index contributed by atoms with van der Waals surface area (Å²) in [6.07, 6.45) is 7.49. The lowest BCUT2D eigenvalue weighted by Gasteiger charge is -2.30. The molecule has 0 bridgehead atoms. The molecule has 5 rings (SSSR count). The average Bonchev–Trinajstić information content (AvgIpc) is 3.26. The third-order valence-corrected chi connectivity index (χ3v) is 6.12. The van der Waals surface area contributed by atoms with Crippen molar-refractivity contribution in [2.45, 2.75) is 24.8 Å². The molecule has 2 saturated heterocycles. The van der Waals surface area contributed by atoms with Crippen LogP contribution in [0.25, 0.3) is 22.5 Å². The Bertz CT molecular complexity index is 1050. The molecule has 0 radical (unpaired) electrons. The number of nitrogens with zero attached hydrogens (tertiary/aromatic N) is 4. The molecule has 0 amide bonds. The fourth-order valence-corrected chi connectivity index (χ4v) is 4.47. The molecule has 4 heterocycles. The van der Waals surface area contributed by atoms with Crippen molar-refractivity contribution in [2.75, 3.05) is 38.7 Å². The van der Waals surface area contributed by atoms with E-state index in [0.717, 1.165) is 56.0 Å². The van der Waals surface area contributed by atoms with Crippen molar-refractivity contribution < 1.29 is 9.47 Å². The van der Waals surface area contributed by atoms with E-state index in [1.54, 1.807) is 17.1 Å². The second-order valence-electron chi connectivity index (χ2n) is 8.20. The van der Waals surface area contributed by atoms with Gasteiger partial charge < -0.3 is 20.5 Å². The molecule has 0 saturated carbocycles. The molecule has 1 atom stereocenters. The molecule has 3 aromatic rings. The van der Waals surface area contributed by atoms with Gasteiger partial charge in [0.05, 0.1) is 37.3 Å². The van der Waals surface area contributed by atoms with E-state index in [1.807, 2.05) is 13.2 Å². The van der Waals surface area contributed by atoms with Gasteiger partial charge in [0.1, 0.15) is 11.5 Å². The molecule has 2 aliphatic rings. The van der Waals surface area contributed by atoms with E-state index in [-0.39, 0.29) is 6.04 Å². The van der Waals surface area contributed by atoms with E-state index in [2.05, 4.69) is 33.6 Å². The lowest BCUT2D eigenvalue weighted by Crippen LogP contribution is -2.35. The molecule has 0 unspecified atom stereocenters. The van der Waals surface area contributed by atoms with Crippen LogP contribution in [0.1, 0.15) is 35.9 Å². The van der Waals surface area contributed by atoms with Gasteiger partial charge >= 0.3 is 0 Å². The zero-order valence-corrected chi connectivity index (χ0v) is 17.8. The van der Waals surface area contributed by atoms with Gasteiger partial charge in [-0.25, -0.2) is 9.97 Å². The number of aryl methyl sites for hydroxylation is 1. The summed E-state index contributed by atoms with van der Waals surface area (Å²) >= 11 is 0. The van der Waals surface area contributed by atoms with Crippen LogP contribution >= 0.6 is 0 Å². The highest BCUT2D eigenvalue weighted by molar-refractivity contribution is 5.72. The maximum absolute atomic E-state index is 6.13. The summed E-state index contributed by atoms with van der Waals surface area (Å²) in [6.45, 7) is 3.92. The summed E-state index contributed by atoms with van der Waals surface area (Å²) in [5.74, 6) is 0.906. The Kier molecular flexibility index (Phi) is 5.67.